The maximum absolute atomic E-state index is 5.85. The fourth-order valence-electron chi connectivity index (χ4n) is 2.80. The number of hydrogen-bond acceptors (Lipinski definition) is 3. The van der Waals surface area contributed by atoms with Gasteiger partial charge in [0.1, 0.15) is 0 Å². The van der Waals surface area contributed by atoms with E-state index in [9.17, 15) is 0 Å². The van der Waals surface area contributed by atoms with Gasteiger partial charge in [-0.25, -0.2) is 0 Å². The number of nitrogens with zero attached hydrogens (tertiary/aromatic N) is 3. The van der Waals surface area contributed by atoms with Crippen LogP contribution in [0.3, 0.4) is 0 Å². The quantitative estimate of drug-likeness (QED) is 0.892. The number of rotatable bonds is 6. The standard InChI is InChI=1S/C18H28N4/c1-14-6-7-15(10-21(4)13-18(2,3)12-19)17(8-14)16-9-20-22(5)11-16/h6-9,11H,10,12-13,19H2,1-5H3. The third-order valence-corrected chi connectivity index (χ3v) is 3.97. The van der Waals surface area contributed by atoms with Gasteiger partial charge in [-0.05, 0) is 37.1 Å². The van der Waals surface area contributed by atoms with Gasteiger partial charge < -0.3 is 10.6 Å². The summed E-state index contributed by atoms with van der Waals surface area (Å²) in [4.78, 5) is 2.34. The van der Waals surface area contributed by atoms with Crippen LogP contribution in [-0.4, -0.2) is 34.8 Å². The van der Waals surface area contributed by atoms with Crippen molar-refractivity contribution >= 4 is 0 Å². The Morgan fingerprint density at radius 3 is 2.64 bits per heavy atom. The molecular weight excluding hydrogens is 272 g/mol. The van der Waals surface area contributed by atoms with Crippen molar-refractivity contribution in [1.29, 1.82) is 0 Å². The largest absolute Gasteiger partial charge is 0.330 e. The van der Waals surface area contributed by atoms with Gasteiger partial charge in [0.2, 0.25) is 0 Å². The second-order valence-corrected chi connectivity index (χ2v) is 7.10. The van der Waals surface area contributed by atoms with E-state index in [0.717, 1.165) is 13.1 Å². The molecule has 2 rings (SSSR count). The third-order valence-electron chi connectivity index (χ3n) is 3.97. The number of aryl methyl sites for hydroxylation is 2. The number of benzene rings is 1. The van der Waals surface area contributed by atoms with Crippen LogP contribution in [0.1, 0.15) is 25.0 Å². The van der Waals surface area contributed by atoms with Crippen LogP contribution >= 0.6 is 0 Å². The van der Waals surface area contributed by atoms with Gasteiger partial charge in [0.05, 0.1) is 6.20 Å². The highest BCUT2D eigenvalue weighted by Crippen LogP contribution is 2.26. The van der Waals surface area contributed by atoms with E-state index in [1.807, 2.05) is 17.9 Å². The van der Waals surface area contributed by atoms with Crippen LogP contribution < -0.4 is 5.73 Å². The molecule has 0 aliphatic rings. The van der Waals surface area contributed by atoms with E-state index in [-0.39, 0.29) is 5.41 Å². The first-order valence-corrected chi connectivity index (χ1v) is 7.78. The summed E-state index contributed by atoms with van der Waals surface area (Å²) in [6.45, 7) is 9.13. The zero-order chi connectivity index (χ0) is 16.3. The van der Waals surface area contributed by atoms with E-state index in [0.29, 0.717) is 6.54 Å². The van der Waals surface area contributed by atoms with Crippen molar-refractivity contribution < 1.29 is 0 Å². The lowest BCUT2D eigenvalue weighted by molar-refractivity contribution is 0.210. The molecule has 1 aromatic carbocycles. The van der Waals surface area contributed by atoms with E-state index in [1.165, 1.54) is 22.3 Å². The van der Waals surface area contributed by atoms with Crippen molar-refractivity contribution in [3.05, 3.63) is 41.7 Å². The van der Waals surface area contributed by atoms with E-state index in [4.69, 9.17) is 5.73 Å². The van der Waals surface area contributed by atoms with Crippen LogP contribution in [0.4, 0.5) is 0 Å². The zero-order valence-electron chi connectivity index (χ0n) is 14.4. The van der Waals surface area contributed by atoms with E-state index in [1.54, 1.807) is 0 Å². The van der Waals surface area contributed by atoms with Crippen LogP contribution in [0.15, 0.2) is 30.6 Å². The molecule has 0 radical (unpaired) electrons. The second kappa shape index (κ2) is 6.63. The Kier molecular flexibility index (Phi) is 5.04. The minimum Gasteiger partial charge on any atom is -0.330 e. The molecule has 0 spiro atoms. The van der Waals surface area contributed by atoms with Crippen molar-refractivity contribution in [1.82, 2.24) is 14.7 Å². The summed E-state index contributed by atoms with van der Waals surface area (Å²) < 4.78 is 1.85. The smallest absolute Gasteiger partial charge is 0.0568 e. The SMILES string of the molecule is Cc1ccc(CN(C)CC(C)(C)CN)c(-c2cnn(C)c2)c1. The molecular formula is C18H28N4. The molecule has 0 saturated heterocycles. The molecule has 120 valence electrons. The minimum absolute atomic E-state index is 0.133. The lowest BCUT2D eigenvalue weighted by Gasteiger charge is -2.29. The summed E-state index contributed by atoms with van der Waals surface area (Å²) in [6.07, 6.45) is 4.00. The lowest BCUT2D eigenvalue weighted by atomic mass is 9.92. The van der Waals surface area contributed by atoms with Crippen LogP contribution in [0.5, 0.6) is 0 Å². The van der Waals surface area contributed by atoms with Crippen LogP contribution in [0, 0.1) is 12.3 Å². The molecule has 1 heterocycles. The first kappa shape index (κ1) is 16.7. The molecule has 4 nitrogen and oxygen atoms in total. The molecule has 0 aliphatic heterocycles. The Balaban J connectivity index is 2.24. The van der Waals surface area contributed by atoms with E-state index >= 15 is 0 Å². The first-order chi connectivity index (χ1) is 10.3. The first-order valence-electron chi connectivity index (χ1n) is 7.78. The summed E-state index contributed by atoms with van der Waals surface area (Å²) in [5, 5.41) is 4.30. The predicted molar refractivity (Wildman–Crippen MR) is 92.6 cm³/mol. The molecule has 0 bridgehead atoms. The summed E-state index contributed by atoms with van der Waals surface area (Å²) in [6, 6.07) is 6.65. The highest BCUT2D eigenvalue weighted by Gasteiger charge is 2.19. The Bertz CT molecular complexity index is 628. The van der Waals surface area contributed by atoms with Gasteiger partial charge in [0.25, 0.3) is 0 Å². The van der Waals surface area contributed by atoms with Gasteiger partial charge in [0, 0.05) is 31.9 Å². The van der Waals surface area contributed by atoms with Gasteiger partial charge >= 0.3 is 0 Å². The molecule has 0 saturated carbocycles. The molecule has 0 atom stereocenters. The molecule has 1 aromatic heterocycles. The molecule has 2 aromatic rings. The maximum atomic E-state index is 5.85. The fourth-order valence-corrected chi connectivity index (χ4v) is 2.80. The summed E-state index contributed by atoms with van der Waals surface area (Å²) >= 11 is 0. The molecule has 22 heavy (non-hydrogen) atoms. The van der Waals surface area contributed by atoms with Gasteiger partial charge in [-0.1, -0.05) is 37.6 Å². The van der Waals surface area contributed by atoms with E-state index in [2.05, 4.69) is 62.2 Å². The Labute approximate surface area is 133 Å². The minimum atomic E-state index is 0.133. The summed E-state index contributed by atoms with van der Waals surface area (Å²) in [7, 11) is 4.11. The van der Waals surface area contributed by atoms with Crippen molar-refractivity contribution in [2.75, 3.05) is 20.1 Å². The Morgan fingerprint density at radius 2 is 2.05 bits per heavy atom. The summed E-state index contributed by atoms with van der Waals surface area (Å²) in [5.74, 6) is 0. The topological polar surface area (TPSA) is 47.1 Å². The summed E-state index contributed by atoms with van der Waals surface area (Å²) in [5.41, 5.74) is 11.0. The third kappa shape index (κ3) is 4.18. The van der Waals surface area contributed by atoms with Crippen LogP contribution in [0.25, 0.3) is 11.1 Å². The number of nitrogens with two attached hydrogens (primary N) is 1. The van der Waals surface area contributed by atoms with Gasteiger partial charge in [-0.2, -0.15) is 5.10 Å². The average molecular weight is 300 g/mol. The van der Waals surface area contributed by atoms with E-state index < -0.39 is 0 Å². The van der Waals surface area contributed by atoms with Gasteiger partial charge in [-0.3, -0.25) is 4.68 Å². The Hall–Kier alpha value is -1.65. The number of aromatic nitrogens is 2. The van der Waals surface area contributed by atoms with Crippen molar-refractivity contribution in [2.45, 2.75) is 27.3 Å². The molecule has 0 fully saturated rings. The molecule has 0 amide bonds. The second-order valence-electron chi connectivity index (χ2n) is 7.10. The van der Waals surface area contributed by atoms with Crippen molar-refractivity contribution in [3.63, 3.8) is 0 Å². The predicted octanol–water partition coefficient (Wildman–Crippen LogP) is 2.81. The van der Waals surface area contributed by atoms with Gasteiger partial charge in [-0.15, -0.1) is 0 Å². The van der Waals surface area contributed by atoms with Crippen LogP contribution in [0.2, 0.25) is 0 Å². The maximum Gasteiger partial charge on any atom is 0.0568 e. The number of hydrogen-bond donors (Lipinski definition) is 1. The highest BCUT2D eigenvalue weighted by molar-refractivity contribution is 5.66. The monoisotopic (exact) mass is 300 g/mol. The molecule has 2 N–H and O–H groups in total. The Morgan fingerprint density at radius 1 is 1.32 bits per heavy atom. The van der Waals surface area contributed by atoms with Crippen LogP contribution in [-0.2, 0) is 13.6 Å². The molecule has 0 unspecified atom stereocenters. The molecule has 4 heteroatoms. The van der Waals surface area contributed by atoms with Crippen molar-refractivity contribution in [3.8, 4) is 11.1 Å². The lowest BCUT2D eigenvalue weighted by Crippen LogP contribution is -2.36. The highest BCUT2D eigenvalue weighted by atomic mass is 15.2. The van der Waals surface area contributed by atoms with Gasteiger partial charge in [0.15, 0.2) is 0 Å². The van der Waals surface area contributed by atoms with Crippen molar-refractivity contribution in [2.24, 2.45) is 18.2 Å². The fraction of sp³-hybridized carbons (Fsp3) is 0.500. The average Bonchev–Trinajstić information content (AvgIpc) is 2.86. The zero-order valence-corrected chi connectivity index (χ0v) is 14.4. The molecule has 0 aliphatic carbocycles. The normalized spacial score (nSPS) is 12.1.